The third-order valence-electron chi connectivity index (χ3n) is 3.69. The molecule has 3 N–H and O–H groups in total. The van der Waals surface area contributed by atoms with Gasteiger partial charge in [0.25, 0.3) is 0 Å². The van der Waals surface area contributed by atoms with Gasteiger partial charge in [0.2, 0.25) is 0 Å². The molecular weight excluding hydrogens is 284 g/mol. The quantitative estimate of drug-likeness (QED) is 0.654. The van der Waals surface area contributed by atoms with Crippen LogP contribution in [-0.2, 0) is 6.42 Å². The Labute approximate surface area is 131 Å². The van der Waals surface area contributed by atoms with Crippen LogP contribution in [0.3, 0.4) is 0 Å². The van der Waals surface area contributed by atoms with E-state index >= 15 is 0 Å². The number of nitrogens with one attached hydrogen (secondary N) is 1. The molecule has 3 nitrogen and oxygen atoms in total. The lowest BCUT2D eigenvalue weighted by Crippen LogP contribution is -2.30. The molecule has 0 saturated carbocycles. The maximum Gasteiger partial charge on any atom is 0.122 e. The Morgan fingerprint density at radius 3 is 2.57 bits per heavy atom. The molecule has 0 heterocycles. The first kappa shape index (κ1) is 15.8. The van der Waals surface area contributed by atoms with Crippen LogP contribution < -0.4 is 16.0 Å². The number of aryl methyl sites for hydroxylation is 2. The van der Waals surface area contributed by atoms with Gasteiger partial charge in [-0.15, -0.1) is 0 Å². The summed E-state index contributed by atoms with van der Waals surface area (Å²) >= 11 is 6.05. The fourth-order valence-corrected chi connectivity index (χ4v) is 2.78. The Kier molecular flexibility index (Phi) is 5.23. The zero-order valence-electron chi connectivity index (χ0n) is 12.6. The molecule has 2 aromatic rings. The molecule has 4 heteroatoms. The summed E-state index contributed by atoms with van der Waals surface area (Å²) in [6.07, 6.45) is 0.781. The fraction of sp³-hybridized carbons (Fsp3) is 0.294. The largest absolute Gasteiger partial charge is 0.496 e. The molecule has 21 heavy (non-hydrogen) atoms. The van der Waals surface area contributed by atoms with Gasteiger partial charge in [0.1, 0.15) is 5.75 Å². The number of methoxy groups -OCH3 is 1. The number of hydrogen-bond donors (Lipinski definition) is 2. The number of nitrogens with two attached hydrogens (primary N) is 1. The van der Waals surface area contributed by atoms with E-state index in [0.29, 0.717) is 0 Å². The summed E-state index contributed by atoms with van der Waals surface area (Å²) in [6, 6.07) is 12.1. The average molecular weight is 305 g/mol. The molecule has 0 aliphatic heterocycles. The average Bonchev–Trinajstić information content (AvgIpc) is 2.47. The van der Waals surface area contributed by atoms with Gasteiger partial charge in [-0.05, 0) is 60.7 Å². The van der Waals surface area contributed by atoms with Crippen molar-refractivity contribution in [2.75, 3.05) is 7.11 Å². The monoisotopic (exact) mass is 304 g/mol. The maximum atomic E-state index is 6.05. The predicted octanol–water partition coefficient (Wildman–Crippen LogP) is 3.71. The second-order valence-electron chi connectivity index (χ2n) is 5.23. The Morgan fingerprint density at radius 2 is 1.95 bits per heavy atom. The Bertz CT molecular complexity index is 628. The molecular formula is C17H21ClN2O. The van der Waals surface area contributed by atoms with Crippen LogP contribution in [0.2, 0.25) is 5.02 Å². The first-order chi connectivity index (χ1) is 10.0. The summed E-state index contributed by atoms with van der Waals surface area (Å²) in [4.78, 5) is 0. The van der Waals surface area contributed by atoms with Crippen LogP contribution in [0.4, 0.5) is 0 Å². The van der Waals surface area contributed by atoms with Gasteiger partial charge in [-0.2, -0.15) is 0 Å². The Balaban J connectivity index is 2.31. The number of halogens is 1. The van der Waals surface area contributed by atoms with Gasteiger partial charge in [0.05, 0.1) is 13.2 Å². The van der Waals surface area contributed by atoms with Crippen LogP contribution in [0, 0.1) is 13.8 Å². The summed E-state index contributed by atoms with van der Waals surface area (Å²) in [5.74, 6) is 6.66. The lowest BCUT2D eigenvalue weighted by atomic mass is 9.94. The first-order valence-corrected chi connectivity index (χ1v) is 7.28. The third-order valence-corrected chi connectivity index (χ3v) is 3.92. The Morgan fingerprint density at radius 1 is 1.19 bits per heavy atom. The van der Waals surface area contributed by atoms with E-state index in [1.165, 1.54) is 5.56 Å². The molecule has 0 amide bonds. The maximum absolute atomic E-state index is 6.05. The lowest BCUT2D eigenvalue weighted by molar-refractivity contribution is 0.410. The summed E-state index contributed by atoms with van der Waals surface area (Å²) in [7, 11) is 1.69. The van der Waals surface area contributed by atoms with Gasteiger partial charge in [0, 0.05) is 5.02 Å². The molecule has 2 aromatic carbocycles. The molecule has 0 radical (unpaired) electrons. The molecule has 0 spiro atoms. The van der Waals surface area contributed by atoms with E-state index in [-0.39, 0.29) is 6.04 Å². The van der Waals surface area contributed by atoms with Gasteiger partial charge < -0.3 is 4.74 Å². The van der Waals surface area contributed by atoms with Crippen molar-refractivity contribution in [3.63, 3.8) is 0 Å². The van der Waals surface area contributed by atoms with Crippen molar-refractivity contribution in [3.05, 3.63) is 63.7 Å². The minimum absolute atomic E-state index is 0.0353. The predicted molar refractivity (Wildman–Crippen MR) is 87.7 cm³/mol. The number of rotatable bonds is 5. The summed E-state index contributed by atoms with van der Waals surface area (Å²) in [6.45, 7) is 4.11. The topological polar surface area (TPSA) is 47.3 Å². The molecule has 1 atom stereocenters. The second-order valence-corrected chi connectivity index (χ2v) is 5.67. The molecule has 0 aromatic heterocycles. The fourth-order valence-electron chi connectivity index (χ4n) is 2.57. The highest BCUT2D eigenvalue weighted by molar-refractivity contribution is 6.30. The highest BCUT2D eigenvalue weighted by Gasteiger charge is 2.15. The van der Waals surface area contributed by atoms with E-state index < -0.39 is 0 Å². The minimum Gasteiger partial charge on any atom is -0.496 e. The van der Waals surface area contributed by atoms with Crippen LogP contribution in [0.5, 0.6) is 5.75 Å². The SMILES string of the molecule is COc1cc(C)c(C(Cc2cccc(Cl)c2)NN)cc1C. The minimum atomic E-state index is 0.0353. The normalized spacial score (nSPS) is 12.2. The van der Waals surface area contributed by atoms with Gasteiger partial charge >= 0.3 is 0 Å². The zero-order valence-corrected chi connectivity index (χ0v) is 13.4. The van der Waals surface area contributed by atoms with Crippen LogP contribution in [0.15, 0.2) is 36.4 Å². The molecule has 0 aliphatic carbocycles. The van der Waals surface area contributed by atoms with E-state index in [9.17, 15) is 0 Å². The van der Waals surface area contributed by atoms with Crippen LogP contribution >= 0.6 is 11.6 Å². The highest BCUT2D eigenvalue weighted by atomic mass is 35.5. The van der Waals surface area contributed by atoms with Gasteiger partial charge in [-0.25, -0.2) is 0 Å². The molecule has 112 valence electrons. The van der Waals surface area contributed by atoms with Crippen LogP contribution in [0.25, 0.3) is 0 Å². The molecule has 0 saturated heterocycles. The van der Waals surface area contributed by atoms with E-state index in [2.05, 4.69) is 24.5 Å². The molecule has 1 unspecified atom stereocenters. The Hall–Kier alpha value is -1.55. The summed E-state index contributed by atoms with van der Waals surface area (Å²) < 4.78 is 5.36. The molecule has 0 aliphatic rings. The van der Waals surface area contributed by atoms with Crippen molar-refractivity contribution in [2.24, 2.45) is 5.84 Å². The van der Waals surface area contributed by atoms with Gasteiger partial charge in [-0.3, -0.25) is 11.3 Å². The van der Waals surface area contributed by atoms with E-state index in [0.717, 1.165) is 33.9 Å². The highest BCUT2D eigenvalue weighted by Crippen LogP contribution is 2.28. The number of hydrazine groups is 1. The van der Waals surface area contributed by atoms with Crippen molar-refractivity contribution < 1.29 is 4.74 Å². The van der Waals surface area contributed by atoms with E-state index in [1.54, 1.807) is 7.11 Å². The summed E-state index contributed by atoms with van der Waals surface area (Å²) in [5.41, 5.74) is 7.49. The standard InChI is InChI=1S/C17H21ClN2O/c1-11-8-17(21-3)12(2)7-15(11)16(20-19)10-13-5-4-6-14(18)9-13/h4-9,16,20H,10,19H2,1-3H3. The van der Waals surface area contributed by atoms with Crippen molar-refractivity contribution >= 4 is 11.6 Å². The van der Waals surface area contributed by atoms with Crippen molar-refractivity contribution in [3.8, 4) is 5.75 Å². The van der Waals surface area contributed by atoms with Gasteiger partial charge in [-0.1, -0.05) is 29.8 Å². The summed E-state index contributed by atoms with van der Waals surface area (Å²) in [5, 5.41) is 0.742. The number of ether oxygens (including phenoxy) is 1. The number of benzene rings is 2. The van der Waals surface area contributed by atoms with E-state index in [4.69, 9.17) is 22.2 Å². The van der Waals surface area contributed by atoms with Crippen LogP contribution in [0.1, 0.15) is 28.3 Å². The number of hydrogen-bond acceptors (Lipinski definition) is 3. The van der Waals surface area contributed by atoms with Crippen LogP contribution in [-0.4, -0.2) is 7.11 Å². The molecule has 0 bridgehead atoms. The third kappa shape index (κ3) is 3.76. The lowest BCUT2D eigenvalue weighted by Gasteiger charge is -2.20. The van der Waals surface area contributed by atoms with Gasteiger partial charge in [0.15, 0.2) is 0 Å². The van der Waals surface area contributed by atoms with E-state index in [1.807, 2.05) is 31.2 Å². The van der Waals surface area contributed by atoms with Crippen molar-refractivity contribution in [2.45, 2.75) is 26.3 Å². The smallest absolute Gasteiger partial charge is 0.122 e. The van der Waals surface area contributed by atoms with Crippen molar-refractivity contribution in [1.29, 1.82) is 0 Å². The zero-order chi connectivity index (χ0) is 15.4. The molecule has 0 fully saturated rings. The molecule has 2 rings (SSSR count). The van der Waals surface area contributed by atoms with Crippen molar-refractivity contribution in [1.82, 2.24) is 5.43 Å². The second kappa shape index (κ2) is 6.94. The first-order valence-electron chi connectivity index (χ1n) is 6.91.